The average molecular weight is 295 g/mol. The van der Waals surface area contributed by atoms with Gasteiger partial charge in [0.05, 0.1) is 11.2 Å². The summed E-state index contributed by atoms with van der Waals surface area (Å²) >= 11 is 5.85. The zero-order chi connectivity index (χ0) is 14.2. The maximum absolute atomic E-state index is 5.85. The highest BCUT2D eigenvalue weighted by atomic mass is 35.5. The molecular weight excluding hydrogens is 284 g/mol. The van der Waals surface area contributed by atoms with Crippen molar-refractivity contribution in [3.05, 3.63) is 59.9 Å². The molecule has 0 saturated carbocycles. The lowest BCUT2D eigenvalue weighted by atomic mass is 10.2. The molecule has 2 aromatic carbocycles. The number of aromatic amines is 2. The summed E-state index contributed by atoms with van der Waals surface area (Å²) in [5.74, 6) is 0. The monoisotopic (exact) mass is 294 g/mol. The number of hydrogen-bond donors (Lipinski definition) is 2. The molecule has 2 N–H and O–H groups in total. The van der Waals surface area contributed by atoms with Gasteiger partial charge >= 0.3 is 0 Å². The largest absolute Gasteiger partial charge is 0.361 e. The average Bonchev–Trinajstić information content (AvgIpc) is 3.12. The Morgan fingerprint density at radius 2 is 1.67 bits per heavy atom. The van der Waals surface area contributed by atoms with Gasteiger partial charge in [0.25, 0.3) is 0 Å². The fourth-order valence-electron chi connectivity index (χ4n) is 2.42. The molecule has 0 amide bonds. The molecule has 0 aliphatic carbocycles. The van der Waals surface area contributed by atoms with Crippen LogP contribution in [-0.2, 0) is 0 Å². The van der Waals surface area contributed by atoms with Crippen molar-refractivity contribution in [1.29, 1.82) is 0 Å². The van der Waals surface area contributed by atoms with Gasteiger partial charge in [-0.15, -0.1) is 5.11 Å². The molecule has 2 heterocycles. The summed E-state index contributed by atoms with van der Waals surface area (Å²) in [6, 6.07) is 13.4. The van der Waals surface area contributed by atoms with E-state index in [9.17, 15) is 0 Å². The number of nitrogens with one attached hydrogen (secondary N) is 2. The predicted molar refractivity (Wildman–Crippen MR) is 85.8 cm³/mol. The molecule has 0 atom stereocenters. The van der Waals surface area contributed by atoms with Crippen molar-refractivity contribution in [1.82, 2.24) is 9.97 Å². The van der Waals surface area contributed by atoms with Gasteiger partial charge in [-0.25, -0.2) is 0 Å². The van der Waals surface area contributed by atoms with Gasteiger partial charge in [0.1, 0.15) is 5.69 Å². The summed E-state index contributed by atoms with van der Waals surface area (Å²) in [5.41, 5.74) is 3.77. The maximum Gasteiger partial charge on any atom is 0.111 e. The second-order valence-corrected chi connectivity index (χ2v) is 5.21. The first-order valence-corrected chi connectivity index (χ1v) is 6.93. The first-order chi connectivity index (χ1) is 10.3. The van der Waals surface area contributed by atoms with Crippen molar-refractivity contribution < 1.29 is 0 Å². The Balaban J connectivity index is 1.78. The Morgan fingerprint density at radius 1 is 0.810 bits per heavy atom. The molecule has 0 aliphatic heterocycles. The standard InChI is InChI=1S/C16H11ClN4/c17-10-1-3-11(4-2-10)20-21-15-9-19-16-12(15)5-6-14-13(16)7-8-18-14/h1-9,18-19H. The third kappa shape index (κ3) is 2.10. The fourth-order valence-corrected chi connectivity index (χ4v) is 2.55. The van der Waals surface area contributed by atoms with E-state index in [1.807, 2.05) is 42.7 Å². The van der Waals surface area contributed by atoms with Crippen molar-refractivity contribution in [2.24, 2.45) is 10.2 Å². The smallest absolute Gasteiger partial charge is 0.111 e. The quantitative estimate of drug-likeness (QED) is 0.444. The number of aromatic nitrogens is 2. The molecule has 21 heavy (non-hydrogen) atoms. The summed E-state index contributed by atoms with van der Waals surface area (Å²) in [5, 5.41) is 11.5. The Hall–Kier alpha value is -2.59. The Kier molecular flexibility index (Phi) is 2.75. The van der Waals surface area contributed by atoms with Crippen LogP contribution in [0.3, 0.4) is 0 Å². The van der Waals surface area contributed by atoms with E-state index in [1.165, 1.54) is 0 Å². The van der Waals surface area contributed by atoms with E-state index in [1.54, 1.807) is 12.1 Å². The Labute approximate surface area is 125 Å². The third-order valence-corrected chi connectivity index (χ3v) is 3.72. The highest BCUT2D eigenvalue weighted by molar-refractivity contribution is 6.30. The lowest BCUT2D eigenvalue weighted by molar-refractivity contribution is 1.24. The fraction of sp³-hybridized carbons (Fsp3) is 0. The van der Waals surface area contributed by atoms with E-state index < -0.39 is 0 Å². The molecule has 4 aromatic rings. The number of benzene rings is 2. The van der Waals surface area contributed by atoms with E-state index in [2.05, 4.69) is 20.2 Å². The summed E-state index contributed by atoms with van der Waals surface area (Å²) in [6.07, 6.45) is 3.80. The molecule has 102 valence electrons. The van der Waals surface area contributed by atoms with Crippen molar-refractivity contribution >= 4 is 44.8 Å². The lowest BCUT2D eigenvalue weighted by Gasteiger charge is -1.95. The third-order valence-electron chi connectivity index (χ3n) is 3.46. The van der Waals surface area contributed by atoms with Crippen LogP contribution in [0.15, 0.2) is 65.1 Å². The molecule has 0 unspecified atom stereocenters. The van der Waals surface area contributed by atoms with Gasteiger partial charge in [-0.1, -0.05) is 11.6 Å². The van der Waals surface area contributed by atoms with E-state index in [-0.39, 0.29) is 0 Å². The minimum absolute atomic E-state index is 0.691. The van der Waals surface area contributed by atoms with Gasteiger partial charge < -0.3 is 9.97 Å². The van der Waals surface area contributed by atoms with Gasteiger partial charge in [-0.05, 0) is 42.5 Å². The van der Waals surface area contributed by atoms with Crippen molar-refractivity contribution in [3.63, 3.8) is 0 Å². The van der Waals surface area contributed by atoms with Crippen LogP contribution in [0.5, 0.6) is 0 Å². The molecule has 0 fully saturated rings. The first kappa shape index (κ1) is 12.2. The summed E-state index contributed by atoms with van der Waals surface area (Å²) in [4.78, 5) is 6.47. The molecule has 0 bridgehead atoms. The van der Waals surface area contributed by atoms with Crippen LogP contribution in [0.2, 0.25) is 5.02 Å². The van der Waals surface area contributed by atoms with Gasteiger partial charge in [0.15, 0.2) is 0 Å². The summed E-state index contributed by atoms with van der Waals surface area (Å²) < 4.78 is 0. The molecule has 4 rings (SSSR count). The summed E-state index contributed by atoms with van der Waals surface area (Å²) in [6.45, 7) is 0. The number of rotatable bonds is 2. The Morgan fingerprint density at radius 3 is 2.52 bits per heavy atom. The number of nitrogens with zero attached hydrogens (tertiary/aromatic N) is 2. The van der Waals surface area contributed by atoms with Crippen LogP contribution in [0.4, 0.5) is 11.4 Å². The number of hydrogen-bond acceptors (Lipinski definition) is 2. The van der Waals surface area contributed by atoms with Gasteiger partial charge in [-0.3, -0.25) is 0 Å². The zero-order valence-corrected chi connectivity index (χ0v) is 11.7. The van der Waals surface area contributed by atoms with Crippen LogP contribution in [0, 0.1) is 0 Å². The van der Waals surface area contributed by atoms with Crippen molar-refractivity contribution in [2.75, 3.05) is 0 Å². The van der Waals surface area contributed by atoms with E-state index in [0.717, 1.165) is 33.2 Å². The zero-order valence-electron chi connectivity index (χ0n) is 11.0. The normalized spacial score (nSPS) is 11.9. The first-order valence-electron chi connectivity index (χ1n) is 6.56. The number of azo groups is 1. The molecule has 0 aliphatic rings. The van der Waals surface area contributed by atoms with Crippen molar-refractivity contribution in [3.8, 4) is 0 Å². The van der Waals surface area contributed by atoms with Gasteiger partial charge in [0, 0.05) is 33.7 Å². The van der Waals surface area contributed by atoms with Crippen LogP contribution in [-0.4, -0.2) is 9.97 Å². The molecule has 0 radical (unpaired) electrons. The van der Waals surface area contributed by atoms with Crippen LogP contribution in [0.1, 0.15) is 0 Å². The van der Waals surface area contributed by atoms with Crippen molar-refractivity contribution in [2.45, 2.75) is 0 Å². The van der Waals surface area contributed by atoms with E-state index in [0.29, 0.717) is 5.02 Å². The number of fused-ring (bicyclic) bond motifs is 3. The molecule has 0 saturated heterocycles. The van der Waals surface area contributed by atoms with E-state index >= 15 is 0 Å². The molecule has 2 aromatic heterocycles. The second kappa shape index (κ2) is 4.75. The molecular formula is C16H11ClN4. The molecule has 0 spiro atoms. The molecule has 4 nitrogen and oxygen atoms in total. The minimum Gasteiger partial charge on any atom is -0.361 e. The van der Waals surface area contributed by atoms with Gasteiger partial charge in [0.2, 0.25) is 0 Å². The highest BCUT2D eigenvalue weighted by Crippen LogP contribution is 2.32. The highest BCUT2D eigenvalue weighted by Gasteiger charge is 2.07. The second-order valence-electron chi connectivity index (χ2n) is 4.78. The predicted octanol–water partition coefficient (Wildman–Crippen LogP) is 5.72. The lowest BCUT2D eigenvalue weighted by Crippen LogP contribution is -1.70. The minimum atomic E-state index is 0.691. The SMILES string of the molecule is Clc1ccc(N=Nc2c[nH]c3c2ccc2[nH]ccc23)cc1. The van der Waals surface area contributed by atoms with Gasteiger partial charge in [-0.2, -0.15) is 5.11 Å². The topological polar surface area (TPSA) is 56.3 Å². The molecule has 5 heteroatoms. The summed E-state index contributed by atoms with van der Waals surface area (Å²) in [7, 11) is 0. The Bertz CT molecular complexity index is 947. The van der Waals surface area contributed by atoms with Crippen LogP contribution >= 0.6 is 11.6 Å². The van der Waals surface area contributed by atoms with E-state index in [4.69, 9.17) is 11.6 Å². The number of H-pyrrole nitrogens is 2. The van der Waals surface area contributed by atoms with Crippen LogP contribution < -0.4 is 0 Å². The number of halogens is 1. The van der Waals surface area contributed by atoms with Crippen LogP contribution in [0.25, 0.3) is 21.8 Å². The maximum atomic E-state index is 5.85.